The van der Waals surface area contributed by atoms with Gasteiger partial charge < -0.3 is 15.0 Å². The number of unbranched alkanes of at least 4 members (excludes halogenated alkanes) is 1. The first-order valence-corrected chi connectivity index (χ1v) is 7.42. The van der Waals surface area contributed by atoms with Gasteiger partial charge in [-0.3, -0.25) is 4.79 Å². The normalized spacial score (nSPS) is 23.0. The van der Waals surface area contributed by atoms with E-state index in [1.54, 1.807) is 4.90 Å². The number of likely N-dealkylation sites (tertiary alicyclic amines) is 1. The molecule has 5 heteroatoms. The number of amides is 2. The molecule has 2 aliphatic rings. The second kappa shape index (κ2) is 6.78. The van der Waals surface area contributed by atoms with Gasteiger partial charge in [-0.25, -0.2) is 4.79 Å². The fraction of sp³-hybridized carbons (Fsp3) is 0.857. The quantitative estimate of drug-likeness (QED) is 0.775. The van der Waals surface area contributed by atoms with Gasteiger partial charge in [0.2, 0.25) is 5.91 Å². The molecule has 2 fully saturated rings. The predicted molar refractivity (Wildman–Crippen MR) is 71.7 cm³/mol. The van der Waals surface area contributed by atoms with Gasteiger partial charge in [0.1, 0.15) is 0 Å². The minimum Gasteiger partial charge on any atom is -0.449 e. The Morgan fingerprint density at radius 3 is 2.74 bits per heavy atom. The van der Waals surface area contributed by atoms with E-state index in [0.717, 1.165) is 32.1 Å². The molecule has 1 unspecified atom stereocenters. The molecule has 1 heterocycles. The summed E-state index contributed by atoms with van der Waals surface area (Å²) in [5, 5.41) is 3.05. The maximum Gasteiger partial charge on any atom is 0.409 e. The molecule has 0 aromatic carbocycles. The topological polar surface area (TPSA) is 58.6 Å². The Hall–Kier alpha value is -1.26. The second-order valence-corrected chi connectivity index (χ2v) is 5.54. The largest absolute Gasteiger partial charge is 0.449 e. The van der Waals surface area contributed by atoms with Crippen molar-refractivity contribution in [1.29, 1.82) is 0 Å². The molecule has 2 rings (SSSR count). The van der Waals surface area contributed by atoms with Gasteiger partial charge in [0.25, 0.3) is 0 Å². The highest BCUT2D eigenvalue weighted by Gasteiger charge is 2.33. The summed E-state index contributed by atoms with van der Waals surface area (Å²) in [6.45, 7) is 3.67. The van der Waals surface area contributed by atoms with E-state index < -0.39 is 0 Å². The molecule has 0 aromatic heterocycles. The van der Waals surface area contributed by atoms with Crippen LogP contribution in [0.25, 0.3) is 0 Å². The average Bonchev–Trinajstić information content (AvgIpc) is 2.83. The van der Waals surface area contributed by atoms with Crippen molar-refractivity contribution in [3.05, 3.63) is 0 Å². The second-order valence-electron chi connectivity index (χ2n) is 5.54. The van der Waals surface area contributed by atoms with Crippen molar-refractivity contribution >= 4 is 12.0 Å². The molecule has 0 aromatic rings. The minimum absolute atomic E-state index is 0.0562. The van der Waals surface area contributed by atoms with Gasteiger partial charge in [0.15, 0.2) is 0 Å². The van der Waals surface area contributed by atoms with Crippen molar-refractivity contribution in [3.63, 3.8) is 0 Å². The number of hydrogen-bond donors (Lipinski definition) is 1. The Kier molecular flexibility index (Phi) is 5.05. The van der Waals surface area contributed by atoms with Crippen LogP contribution in [0.3, 0.4) is 0 Å². The third kappa shape index (κ3) is 3.85. The van der Waals surface area contributed by atoms with Crippen LogP contribution < -0.4 is 5.32 Å². The van der Waals surface area contributed by atoms with Gasteiger partial charge >= 0.3 is 6.09 Å². The summed E-state index contributed by atoms with van der Waals surface area (Å²) >= 11 is 0. The Bertz CT molecular complexity index is 329. The molecule has 1 atom stereocenters. The number of nitrogens with one attached hydrogen (secondary N) is 1. The number of hydrogen-bond acceptors (Lipinski definition) is 3. The van der Waals surface area contributed by atoms with Crippen LogP contribution in [0.4, 0.5) is 4.79 Å². The lowest BCUT2D eigenvalue weighted by atomic mass is 9.92. The fourth-order valence-corrected chi connectivity index (χ4v) is 2.41. The van der Waals surface area contributed by atoms with Gasteiger partial charge in [0.05, 0.1) is 12.5 Å². The summed E-state index contributed by atoms with van der Waals surface area (Å²) in [7, 11) is 0. The van der Waals surface area contributed by atoms with Crippen molar-refractivity contribution in [3.8, 4) is 0 Å². The zero-order valence-corrected chi connectivity index (χ0v) is 11.7. The standard InChI is InChI=1S/C14H24N2O3/c1-2-3-9-19-14(18)16-8-7-11(10-16)13(17)15-12-5-4-6-12/h11-12H,2-10H2,1H3,(H,15,17). The van der Waals surface area contributed by atoms with Crippen LogP contribution in [-0.4, -0.2) is 42.6 Å². The maximum absolute atomic E-state index is 12.0. The van der Waals surface area contributed by atoms with Crippen molar-refractivity contribution in [1.82, 2.24) is 10.2 Å². The Balaban J connectivity index is 1.69. The van der Waals surface area contributed by atoms with Crippen molar-refractivity contribution in [2.75, 3.05) is 19.7 Å². The van der Waals surface area contributed by atoms with E-state index in [4.69, 9.17) is 4.74 Å². The lowest BCUT2D eigenvalue weighted by Crippen LogP contribution is -2.43. The van der Waals surface area contributed by atoms with Gasteiger partial charge in [-0.05, 0) is 32.1 Å². The van der Waals surface area contributed by atoms with E-state index in [-0.39, 0.29) is 17.9 Å². The number of nitrogens with zero attached hydrogens (tertiary/aromatic N) is 1. The van der Waals surface area contributed by atoms with Gasteiger partial charge in [0, 0.05) is 19.1 Å². The summed E-state index contributed by atoms with van der Waals surface area (Å²) in [5.74, 6) is 0.0490. The fourth-order valence-electron chi connectivity index (χ4n) is 2.41. The van der Waals surface area contributed by atoms with E-state index in [9.17, 15) is 9.59 Å². The Morgan fingerprint density at radius 1 is 1.32 bits per heavy atom. The molecular formula is C14H24N2O3. The molecular weight excluding hydrogens is 244 g/mol. The molecule has 1 saturated carbocycles. The molecule has 0 radical (unpaired) electrons. The lowest BCUT2D eigenvalue weighted by Gasteiger charge is -2.27. The summed E-state index contributed by atoms with van der Waals surface area (Å²) in [6.07, 6.45) is 5.80. The Labute approximate surface area is 114 Å². The molecule has 5 nitrogen and oxygen atoms in total. The maximum atomic E-state index is 12.0. The van der Waals surface area contributed by atoms with Crippen molar-refractivity contribution in [2.24, 2.45) is 5.92 Å². The summed E-state index contributed by atoms with van der Waals surface area (Å²) in [6, 6.07) is 0.373. The number of rotatable bonds is 5. The monoisotopic (exact) mass is 268 g/mol. The van der Waals surface area contributed by atoms with Crippen molar-refractivity contribution in [2.45, 2.75) is 51.5 Å². The minimum atomic E-state index is -0.271. The first kappa shape index (κ1) is 14.2. The zero-order chi connectivity index (χ0) is 13.7. The molecule has 0 spiro atoms. The first-order valence-electron chi connectivity index (χ1n) is 7.42. The predicted octanol–water partition coefficient (Wildman–Crippen LogP) is 1.91. The number of carbonyl (C=O) groups excluding carboxylic acids is 2. The third-order valence-electron chi connectivity index (χ3n) is 3.99. The highest BCUT2D eigenvalue weighted by atomic mass is 16.6. The lowest BCUT2D eigenvalue weighted by molar-refractivity contribution is -0.125. The zero-order valence-electron chi connectivity index (χ0n) is 11.7. The molecule has 2 amide bonds. The summed E-state index contributed by atoms with van der Waals surface area (Å²) in [4.78, 5) is 25.4. The van der Waals surface area contributed by atoms with Crippen LogP contribution in [0.15, 0.2) is 0 Å². The van der Waals surface area contributed by atoms with Gasteiger partial charge in [-0.15, -0.1) is 0 Å². The molecule has 108 valence electrons. The van der Waals surface area contributed by atoms with Gasteiger partial charge in [-0.1, -0.05) is 13.3 Å². The molecule has 0 bridgehead atoms. The Morgan fingerprint density at radius 2 is 2.11 bits per heavy atom. The highest BCUT2D eigenvalue weighted by Crippen LogP contribution is 2.21. The number of ether oxygens (including phenoxy) is 1. The van der Waals surface area contributed by atoms with E-state index in [1.807, 2.05) is 0 Å². The average molecular weight is 268 g/mol. The van der Waals surface area contributed by atoms with Crippen LogP contribution in [0.5, 0.6) is 0 Å². The summed E-state index contributed by atoms with van der Waals surface area (Å²) in [5.41, 5.74) is 0. The third-order valence-corrected chi connectivity index (χ3v) is 3.99. The van der Waals surface area contributed by atoms with E-state index in [0.29, 0.717) is 25.7 Å². The van der Waals surface area contributed by atoms with Crippen LogP contribution in [-0.2, 0) is 9.53 Å². The first-order chi connectivity index (χ1) is 9.20. The van der Waals surface area contributed by atoms with Crippen LogP contribution >= 0.6 is 0 Å². The smallest absolute Gasteiger partial charge is 0.409 e. The molecule has 19 heavy (non-hydrogen) atoms. The van der Waals surface area contributed by atoms with E-state index in [1.165, 1.54) is 6.42 Å². The molecule has 1 N–H and O–H groups in total. The highest BCUT2D eigenvalue weighted by molar-refractivity contribution is 5.80. The molecule has 1 aliphatic carbocycles. The molecule has 1 saturated heterocycles. The van der Waals surface area contributed by atoms with Gasteiger partial charge in [-0.2, -0.15) is 0 Å². The SMILES string of the molecule is CCCCOC(=O)N1CCC(C(=O)NC2CCC2)C1. The van der Waals surface area contributed by atoms with Crippen LogP contribution in [0, 0.1) is 5.92 Å². The summed E-state index contributed by atoms with van der Waals surface area (Å²) < 4.78 is 5.16. The molecule has 1 aliphatic heterocycles. The van der Waals surface area contributed by atoms with E-state index in [2.05, 4.69) is 12.2 Å². The van der Waals surface area contributed by atoms with Crippen LogP contribution in [0.2, 0.25) is 0 Å². The van der Waals surface area contributed by atoms with Crippen molar-refractivity contribution < 1.29 is 14.3 Å². The van der Waals surface area contributed by atoms with Crippen LogP contribution in [0.1, 0.15) is 45.4 Å². The van der Waals surface area contributed by atoms with E-state index >= 15 is 0 Å². The number of carbonyl (C=O) groups is 2.